The molecule has 1 aliphatic rings. The van der Waals surface area contributed by atoms with Gasteiger partial charge in [0.1, 0.15) is 6.07 Å². The van der Waals surface area contributed by atoms with Gasteiger partial charge in [-0.3, -0.25) is 0 Å². The smallest absolute Gasteiger partial charge is 0.176 e. The summed E-state index contributed by atoms with van der Waals surface area (Å²) in [6, 6.07) is 9.63. The summed E-state index contributed by atoms with van der Waals surface area (Å²) >= 11 is 0. The highest BCUT2D eigenvalue weighted by molar-refractivity contribution is 5.38. The first-order chi connectivity index (χ1) is 6.26. The number of nitriles is 1. The van der Waals surface area contributed by atoms with Gasteiger partial charge in [0.05, 0.1) is 0 Å². The van der Waals surface area contributed by atoms with Gasteiger partial charge in [-0.2, -0.15) is 5.26 Å². The van der Waals surface area contributed by atoms with Crippen molar-refractivity contribution >= 4 is 0 Å². The largest absolute Gasteiger partial charge is 0.371 e. The predicted octanol–water partition coefficient (Wildman–Crippen LogP) is 1.73. The van der Waals surface area contributed by atoms with Crippen LogP contribution in [0.1, 0.15) is 24.0 Å². The van der Waals surface area contributed by atoms with E-state index in [0.29, 0.717) is 6.42 Å². The fourth-order valence-corrected chi connectivity index (χ4v) is 1.93. The van der Waals surface area contributed by atoms with Gasteiger partial charge in [0.2, 0.25) is 0 Å². The van der Waals surface area contributed by atoms with Crippen molar-refractivity contribution in [1.82, 2.24) is 0 Å². The monoisotopic (exact) mass is 173 g/mol. The quantitative estimate of drug-likeness (QED) is 0.607. The van der Waals surface area contributed by atoms with Gasteiger partial charge in [0.25, 0.3) is 0 Å². The van der Waals surface area contributed by atoms with Crippen molar-refractivity contribution < 1.29 is 5.11 Å². The number of aliphatic hydroxyl groups is 1. The van der Waals surface area contributed by atoms with Crippen molar-refractivity contribution in [3.05, 3.63) is 35.4 Å². The molecule has 1 N–H and O–H groups in total. The fourth-order valence-electron chi connectivity index (χ4n) is 1.93. The maximum atomic E-state index is 9.97. The highest BCUT2D eigenvalue weighted by Crippen LogP contribution is 2.34. The average molecular weight is 173 g/mol. The van der Waals surface area contributed by atoms with E-state index in [1.54, 1.807) is 0 Å². The van der Waals surface area contributed by atoms with E-state index >= 15 is 0 Å². The molecule has 66 valence electrons. The van der Waals surface area contributed by atoms with Crippen molar-refractivity contribution in [2.24, 2.45) is 0 Å². The molecule has 13 heavy (non-hydrogen) atoms. The first kappa shape index (κ1) is 8.28. The summed E-state index contributed by atoms with van der Waals surface area (Å²) in [5, 5.41) is 18.9. The molecule has 0 aromatic heterocycles. The van der Waals surface area contributed by atoms with Gasteiger partial charge in [-0.1, -0.05) is 24.3 Å². The normalized spacial score (nSPS) is 26.2. The van der Waals surface area contributed by atoms with Crippen molar-refractivity contribution in [3.8, 4) is 6.07 Å². The topological polar surface area (TPSA) is 44.0 Å². The van der Waals surface area contributed by atoms with Crippen molar-refractivity contribution in [2.75, 3.05) is 0 Å². The molecule has 0 aliphatic heterocycles. The van der Waals surface area contributed by atoms with E-state index in [4.69, 9.17) is 5.26 Å². The SMILES string of the molecule is N#CC1(O)CCCc2ccccc21. The molecule has 1 aromatic rings. The number of nitrogens with zero attached hydrogens (tertiary/aromatic N) is 1. The predicted molar refractivity (Wildman–Crippen MR) is 48.9 cm³/mol. The van der Waals surface area contributed by atoms with E-state index in [-0.39, 0.29) is 0 Å². The lowest BCUT2D eigenvalue weighted by Crippen LogP contribution is -2.28. The summed E-state index contributed by atoms with van der Waals surface area (Å²) in [6.07, 6.45) is 2.42. The molecule has 2 nitrogen and oxygen atoms in total. The van der Waals surface area contributed by atoms with Crippen LogP contribution < -0.4 is 0 Å². The molecule has 1 atom stereocenters. The Kier molecular flexibility index (Phi) is 1.82. The van der Waals surface area contributed by atoms with Gasteiger partial charge < -0.3 is 5.11 Å². The molecule has 0 spiro atoms. The van der Waals surface area contributed by atoms with E-state index in [0.717, 1.165) is 24.0 Å². The summed E-state index contributed by atoms with van der Waals surface area (Å²) in [4.78, 5) is 0. The maximum Gasteiger partial charge on any atom is 0.176 e. The zero-order chi connectivity index (χ0) is 9.31. The minimum absolute atomic E-state index is 0.556. The third kappa shape index (κ3) is 1.22. The van der Waals surface area contributed by atoms with Crippen LogP contribution in [0, 0.1) is 11.3 Å². The average Bonchev–Trinajstić information content (AvgIpc) is 2.19. The van der Waals surface area contributed by atoms with Gasteiger partial charge in [-0.05, 0) is 24.8 Å². The Morgan fingerprint density at radius 2 is 2.15 bits per heavy atom. The van der Waals surface area contributed by atoms with Crippen LogP contribution >= 0.6 is 0 Å². The lowest BCUT2D eigenvalue weighted by atomic mass is 9.80. The second-order valence-electron chi connectivity index (χ2n) is 3.48. The molecule has 1 aromatic carbocycles. The molecular formula is C11H11NO. The van der Waals surface area contributed by atoms with Crippen molar-refractivity contribution in [1.29, 1.82) is 5.26 Å². The molecular weight excluding hydrogens is 162 g/mol. The van der Waals surface area contributed by atoms with Crippen LogP contribution in [0.2, 0.25) is 0 Å². The lowest BCUT2D eigenvalue weighted by molar-refractivity contribution is 0.0781. The van der Waals surface area contributed by atoms with Crippen molar-refractivity contribution in [3.63, 3.8) is 0 Å². The molecule has 0 heterocycles. The van der Waals surface area contributed by atoms with Gasteiger partial charge in [-0.15, -0.1) is 0 Å². The van der Waals surface area contributed by atoms with Gasteiger partial charge in [-0.25, -0.2) is 0 Å². The second kappa shape index (κ2) is 2.86. The highest BCUT2D eigenvalue weighted by Gasteiger charge is 2.33. The lowest BCUT2D eigenvalue weighted by Gasteiger charge is -2.27. The third-order valence-electron chi connectivity index (χ3n) is 2.63. The third-order valence-corrected chi connectivity index (χ3v) is 2.63. The van der Waals surface area contributed by atoms with Gasteiger partial charge in [0.15, 0.2) is 5.60 Å². The summed E-state index contributed by atoms with van der Waals surface area (Å²) in [5.41, 5.74) is 0.663. The zero-order valence-corrected chi connectivity index (χ0v) is 7.33. The van der Waals surface area contributed by atoms with Crippen molar-refractivity contribution in [2.45, 2.75) is 24.9 Å². The molecule has 0 saturated heterocycles. The number of benzene rings is 1. The molecule has 2 heteroatoms. The molecule has 0 saturated carbocycles. The van der Waals surface area contributed by atoms with Crippen LogP contribution in [-0.2, 0) is 12.0 Å². The van der Waals surface area contributed by atoms with Crippen LogP contribution in [0.5, 0.6) is 0 Å². The molecule has 1 aliphatic carbocycles. The van der Waals surface area contributed by atoms with Crippen LogP contribution in [0.4, 0.5) is 0 Å². The first-order valence-electron chi connectivity index (χ1n) is 4.48. The Balaban J connectivity index is 2.56. The molecule has 0 amide bonds. The second-order valence-corrected chi connectivity index (χ2v) is 3.48. The van der Waals surface area contributed by atoms with E-state index in [2.05, 4.69) is 0 Å². The minimum atomic E-state index is -1.24. The van der Waals surface area contributed by atoms with E-state index in [1.807, 2.05) is 30.3 Å². The number of aryl methyl sites for hydroxylation is 1. The number of hydrogen-bond acceptors (Lipinski definition) is 2. The Bertz CT molecular complexity index is 367. The standard InChI is InChI=1S/C11H11NO/c12-8-11(13)7-3-5-9-4-1-2-6-10(9)11/h1-2,4,6,13H,3,5,7H2. The van der Waals surface area contributed by atoms with E-state index in [1.165, 1.54) is 0 Å². The first-order valence-corrected chi connectivity index (χ1v) is 4.48. The van der Waals surface area contributed by atoms with Crippen LogP contribution in [0.25, 0.3) is 0 Å². The number of fused-ring (bicyclic) bond motifs is 1. The number of rotatable bonds is 0. The summed E-state index contributed by atoms with van der Waals surface area (Å²) in [5.74, 6) is 0. The van der Waals surface area contributed by atoms with Crippen LogP contribution in [0.15, 0.2) is 24.3 Å². The maximum absolute atomic E-state index is 9.97. The van der Waals surface area contributed by atoms with E-state index < -0.39 is 5.60 Å². The molecule has 1 unspecified atom stereocenters. The Hall–Kier alpha value is -1.33. The molecule has 0 fully saturated rings. The Labute approximate surface area is 77.4 Å². The Morgan fingerprint density at radius 1 is 1.38 bits per heavy atom. The number of hydrogen-bond donors (Lipinski definition) is 1. The zero-order valence-electron chi connectivity index (χ0n) is 7.33. The summed E-state index contributed by atoms with van der Waals surface area (Å²) < 4.78 is 0. The van der Waals surface area contributed by atoms with Gasteiger partial charge >= 0.3 is 0 Å². The molecule has 2 rings (SSSR count). The van der Waals surface area contributed by atoms with Crippen LogP contribution in [0.3, 0.4) is 0 Å². The summed E-state index contributed by atoms with van der Waals surface area (Å²) in [6.45, 7) is 0. The Morgan fingerprint density at radius 3 is 2.92 bits per heavy atom. The molecule has 0 bridgehead atoms. The minimum Gasteiger partial charge on any atom is -0.371 e. The van der Waals surface area contributed by atoms with E-state index in [9.17, 15) is 5.11 Å². The highest BCUT2D eigenvalue weighted by atomic mass is 16.3. The summed E-state index contributed by atoms with van der Waals surface area (Å²) in [7, 11) is 0. The van der Waals surface area contributed by atoms with Gasteiger partial charge in [0, 0.05) is 5.56 Å². The fraction of sp³-hybridized carbons (Fsp3) is 0.364. The van der Waals surface area contributed by atoms with Crippen LogP contribution in [-0.4, -0.2) is 5.11 Å². The molecule has 0 radical (unpaired) electrons.